The molecule has 1 fully saturated rings. The van der Waals surface area contributed by atoms with Crippen molar-refractivity contribution < 1.29 is 0 Å². The molecular formula is C20H22N2. The fourth-order valence-electron chi connectivity index (χ4n) is 3.48. The van der Waals surface area contributed by atoms with E-state index in [-0.39, 0.29) is 0 Å². The summed E-state index contributed by atoms with van der Waals surface area (Å²) in [5.74, 6) is 0. The molecule has 2 aromatic carbocycles. The van der Waals surface area contributed by atoms with E-state index >= 15 is 0 Å². The summed E-state index contributed by atoms with van der Waals surface area (Å²) in [6.45, 7) is 3.44. The Hall–Kier alpha value is -2.11. The first-order chi connectivity index (χ1) is 10.8. The van der Waals surface area contributed by atoms with Crippen molar-refractivity contribution in [3.05, 3.63) is 71.3 Å². The molecule has 1 aliphatic rings. The molecule has 0 saturated carbocycles. The fourth-order valence-corrected chi connectivity index (χ4v) is 3.48. The van der Waals surface area contributed by atoms with Crippen LogP contribution in [0.2, 0.25) is 0 Å². The molecule has 112 valence electrons. The summed E-state index contributed by atoms with van der Waals surface area (Å²) < 4.78 is 0. The van der Waals surface area contributed by atoms with Crippen LogP contribution in [-0.2, 0) is 0 Å². The Kier molecular flexibility index (Phi) is 4.56. The van der Waals surface area contributed by atoms with Crippen LogP contribution in [0.5, 0.6) is 0 Å². The van der Waals surface area contributed by atoms with Crippen molar-refractivity contribution in [2.45, 2.75) is 38.3 Å². The number of piperidine rings is 1. The molecule has 0 bridgehead atoms. The van der Waals surface area contributed by atoms with E-state index in [4.69, 9.17) is 5.26 Å². The molecule has 0 amide bonds. The summed E-state index contributed by atoms with van der Waals surface area (Å²) in [6.07, 6.45) is 3.75. The van der Waals surface area contributed by atoms with E-state index in [1.54, 1.807) is 0 Å². The van der Waals surface area contributed by atoms with Crippen molar-refractivity contribution >= 4 is 0 Å². The van der Waals surface area contributed by atoms with Gasteiger partial charge in [0.25, 0.3) is 0 Å². The molecule has 0 radical (unpaired) electrons. The average molecular weight is 290 g/mol. The van der Waals surface area contributed by atoms with Gasteiger partial charge in [0, 0.05) is 12.1 Å². The number of rotatable bonds is 3. The van der Waals surface area contributed by atoms with E-state index in [0.717, 1.165) is 12.1 Å². The maximum Gasteiger partial charge on any atom is 0.0991 e. The standard InChI is InChI=1S/C20H22N2/c1-16(18-7-3-2-4-8-18)22-14-6-5-9-20(22)19-12-10-17(15-21)11-13-19/h2-4,7-8,10-13,16,20H,5-6,9,14H2,1H3. The summed E-state index contributed by atoms with van der Waals surface area (Å²) in [6, 6.07) is 21.9. The Labute approximate surface area is 133 Å². The molecule has 2 nitrogen and oxygen atoms in total. The number of hydrogen-bond donors (Lipinski definition) is 0. The van der Waals surface area contributed by atoms with Crippen LogP contribution in [0.1, 0.15) is 55.0 Å². The summed E-state index contributed by atoms with van der Waals surface area (Å²) in [5, 5.41) is 8.97. The summed E-state index contributed by atoms with van der Waals surface area (Å²) >= 11 is 0. The van der Waals surface area contributed by atoms with Gasteiger partial charge in [-0.05, 0) is 49.6 Å². The van der Waals surface area contributed by atoms with Crippen LogP contribution < -0.4 is 0 Å². The number of nitrogens with zero attached hydrogens (tertiary/aromatic N) is 2. The first kappa shape index (κ1) is 14.8. The van der Waals surface area contributed by atoms with Crippen LogP contribution in [-0.4, -0.2) is 11.4 Å². The SMILES string of the molecule is CC(c1ccccc1)N1CCCCC1c1ccc(C#N)cc1. The normalized spacial score (nSPS) is 20.3. The van der Waals surface area contributed by atoms with Gasteiger partial charge in [0.2, 0.25) is 0 Å². The van der Waals surface area contributed by atoms with Gasteiger partial charge in [0.1, 0.15) is 0 Å². The first-order valence-electron chi connectivity index (χ1n) is 8.10. The Morgan fingerprint density at radius 2 is 1.77 bits per heavy atom. The first-order valence-corrected chi connectivity index (χ1v) is 8.10. The lowest BCUT2D eigenvalue weighted by Gasteiger charge is -2.40. The highest BCUT2D eigenvalue weighted by atomic mass is 15.2. The second-order valence-electron chi connectivity index (χ2n) is 6.07. The van der Waals surface area contributed by atoms with Crippen LogP contribution in [0.3, 0.4) is 0 Å². The summed E-state index contributed by atoms with van der Waals surface area (Å²) in [7, 11) is 0. The molecule has 0 N–H and O–H groups in total. The molecule has 2 aromatic rings. The highest BCUT2D eigenvalue weighted by molar-refractivity contribution is 5.33. The molecule has 0 aliphatic carbocycles. The maximum absolute atomic E-state index is 8.97. The summed E-state index contributed by atoms with van der Waals surface area (Å²) in [5.41, 5.74) is 3.45. The van der Waals surface area contributed by atoms with Gasteiger partial charge in [0.05, 0.1) is 11.6 Å². The smallest absolute Gasteiger partial charge is 0.0991 e. The van der Waals surface area contributed by atoms with Crippen molar-refractivity contribution in [2.75, 3.05) is 6.54 Å². The molecule has 2 unspecified atom stereocenters. The number of hydrogen-bond acceptors (Lipinski definition) is 2. The highest BCUT2D eigenvalue weighted by Crippen LogP contribution is 2.37. The monoisotopic (exact) mass is 290 g/mol. The molecule has 3 rings (SSSR count). The maximum atomic E-state index is 8.97. The minimum Gasteiger partial charge on any atom is -0.290 e. The molecule has 1 heterocycles. The zero-order valence-electron chi connectivity index (χ0n) is 13.1. The Balaban J connectivity index is 1.86. The Morgan fingerprint density at radius 1 is 1.05 bits per heavy atom. The van der Waals surface area contributed by atoms with Gasteiger partial charge < -0.3 is 0 Å². The quantitative estimate of drug-likeness (QED) is 0.808. The average Bonchev–Trinajstić information content (AvgIpc) is 2.62. The minimum absolute atomic E-state index is 0.419. The van der Waals surface area contributed by atoms with Crippen LogP contribution in [0.25, 0.3) is 0 Å². The van der Waals surface area contributed by atoms with Gasteiger partial charge in [-0.3, -0.25) is 4.90 Å². The van der Waals surface area contributed by atoms with E-state index in [1.807, 2.05) is 12.1 Å². The minimum atomic E-state index is 0.419. The molecule has 1 saturated heterocycles. The van der Waals surface area contributed by atoms with Gasteiger partial charge in [-0.1, -0.05) is 48.9 Å². The number of likely N-dealkylation sites (tertiary alicyclic amines) is 1. The molecule has 1 aliphatic heterocycles. The van der Waals surface area contributed by atoms with E-state index in [0.29, 0.717) is 12.1 Å². The third kappa shape index (κ3) is 3.05. The van der Waals surface area contributed by atoms with Crippen LogP contribution in [0, 0.1) is 11.3 Å². The van der Waals surface area contributed by atoms with E-state index in [1.165, 1.54) is 30.4 Å². The van der Waals surface area contributed by atoms with Gasteiger partial charge in [-0.25, -0.2) is 0 Å². The zero-order chi connectivity index (χ0) is 15.4. The molecular weight excluding hydrogens is 268 g/mol. The largest absolute Gasteiger partial charge is 0.290 e. The third-order valence-electron chi connectivity index (χ3n) is 4.75. The van der Waals surface area contributed by atoms with E-state index < -0.39 is 0 Å². The van der Waals surface area contributed by atoms with Crippen LogP contribution in [0.4, 0.5) is 0 Å². The molecule has 0 spiro atoms. The van der Waals surface area contributed by atoms with Crippen molar-refractivity contribution in [1.29, 1.82) is 5.26 Å². The van der Waals surface area contributed by atoms with Crippen molar-refractivity contribution in [2.24, 2.45) is 0 Å². The summed E-state index contributed by atoms with van der Waals surface area (Å²) in [4.78, 5) is 2.61. The van der Waals surface area contributed by atoms with E-state index in [9.17, 15) is 0 Å². The van der Waals surface area contributed by atoms with Gasteiger partial charge in [-0.2, -0.15) is 5.26 Å². The predicted octanol–water partition coefficient (Wildman–Crippen LogP) is 4.85. The lowest BCUT2D eigenvalue weighted by atomic mass is 9.92. The molecule has 2 atom stereocenters. The second kappa shape index (κ2) is 6.77. The van der Waals surface area contributed by atoms with E-state index in [2.05, 4.69) is 60.4 Å². The lowest BCUT2D eigenvalue weighted by Crippen LogP contribution is -2.35. The zero-order valence-corrected chi connectivity index (χ0v) is 13.1. The van der Waals surface area contributed by atoms with Gasteiger partial charge >= 0.3 is 0 Å². The second-order valence-corrected chi connectivity index (χ2v) is 6.07. The van der Waals surface area contributed by atoms with Crippen molar-refractivity contribution in [3.63, 3.8) is 0 Å². The Morgan fingerprint density at radius 3 is 2.45 bits per heavy atom. The van der Waals surface area contributed by atoms with Crippen LogP contribution >= 0.6 is 0 Å². The fraction of sp³-hybridized carbons (Fsp3) is 0.350. The Bertz CT molecular complexity index is 640. The third-order valence-corrected chi connectivity index (χ3v) is 4.75. The highest BCUT2D eigenvalue weighted by Gasteiger charge is 2.28. The number of nitriles is 1. The van der Waals surface area contributed by atoms with Crippen molar-refractivity contribution in [3.8, 4) is 6.07 Å². The van der Waals surface area contributed by atoms with Gasteiger partial charge in [-0.15, -0.1) is 0 Å². The van der Waals surface area contributed by atoms with Crippen molar-refractivity contribution in [1.82, 2.24) is 4.90 Å². The molecule has 22 heavy (non-hydrogen) atoms. The number of benzene rings is 2. The molecule has 0 aromatic heterocycles. The predicted molar refractivity (Wildman–Crippen MR) is 89.3 cm³/mol. The lowest BCUT2D eigenvalue weighted by molar-refractivity contribution is 0.103. The van der Waals surface area contributed by atoms with Crippen LogP contribution in [0.15, 0.2) is 54.6 Å². The topological polar surface area (TPSA) is 27.0 Å². The van der Waals surface area contributed by atoms with Gasteiger partial charge in [0.15, 0.2) is 0 Å². The molecule has 2 heteroatoms.